The number of thioether (sulfide) groups is 2. The topological polar surface area (TPSA) is 409 Å². The fourth-order valence-corrected chi connectivity index (χ4v) is 17.2. The summed E-state index contributed by atoms with van der Waals surface area (Å²) < 4.78 is 32.2. The van der Waals surface area contributed by atoms with Gasteiger partial charge in [-0.25, -0.2) is 19.7 Å². The third kappa shape index (κ3) is 21.7. The molecule has 10 N–H and O–H groups in total. The lowest BCUT2D eigenvalue weighted by Crippen LogP contribution is -2.57. The molecule has 0 spiro atoms. The Labute approximate surface area is 707 Å². The molecule has 3 aromatic heterocycles. The second-order valence-electron chi connectivity index (χ2n) is 30.4. The lowest BCUT2D eigenvalue weighted by atomic mass is 9.87. The molecule has 3 atom stereocenters. The van der Waals surface area contributed by atoms with Gasteiger partial charge < -0.3 is 81.1 Å². The third-order valence-electron chi connectivity index (χ3n) is 21.7. The summed E-state index contributed by atoms with van der Waals surface area (Å²) in [7, 11) is 3.17. The van der Waals surface area contributed by atoms with Crippen molar-refractivity contribution in [2.75, 3.05) is 109 Å². The number of urea groups is 1. The summed E-state index contributed by atoms with van der Waals surface area (Å²) in [6.07, 6.45) is 7.06. The molecule has 4 fully saturated rings. The van der Waals surface area contributed by atoms with Gasteiger partial charge in [0, 0.05) is 115 Å². The minimum Gasteiger partial charge on any atom is -0.495 e. The Kier molecular flexibility index (Phi) is 28.8. The highest BCUT2D eigenvalue weighted by atomic mass is 32.2. The predicted molar refractivity (Wildman–Crippen MR) is 454 cm³/mol. The van der Waals surface area contributed by atoms with E-state index in [9.17, 15) is 52.7 Å². The van der Waals surface area contributed by atoms with E-state index in [1.807, 2.05) is 121 Å². The van der Waals surface area contributed by atoms with E-state index in [1.165, 1.54) is 42.5 Å². The van der Waals surface area contributed by atoms with Crippen molar-refractivity contribution >= 4 is 116 Å². The van der Waals surface area contributed by atoms with Crippen LogP contribution in [0.5, 0.6) is 5.75 Å². The zero-order chi connectivity index (χ0) is 85.3. The van der Waals surface area contributed by atoms with Crippen LogP contribution in [0, 0.1) is 11.8 Å². The summed E-state index contributed by atoms with van der Waals surface area (Å²) in [5, 5.41) is 15.3. The number of piperidine rings is 2. The average molecular weight is 1690 g/mol. The van der Waals surface area contributed by atoms with E-state index in [0.717, 1.165) is 93.3 Å². The maximum Gasteiger partial charge on any atom is 0.332 e. The molecular weight excluding hydrogens is 1590 g/mol. The molecule has 0 unspecified atom stereocenters. The van der Waals surface area contributed by atoms with Crippen LogP contribution >= 0.6 is 23.5 Å². The number of primary amides is 2. The van der Waals surface area contributed by atoms with Crippen molar-refractivity contribution in [2.45, 2.75) is 123 Å². The van der Waals surface area contributed by atoms with E-state index in [1.54, 1.807) is 36.0 Å². The summed E-state index contributed by atoms with van der Waals surface area (Å²) in [5.41, 5.74) is 14.1. The molecule has 1 saturated carbocycles. The second kappa shape index (κ2) is 40.0. The van der Waals surface area contributed by atoms with Crippen LogP contribution in [-0.4, -0.2) is 223 Å². The molecule has 5 aromatic carbocycles. The summed E-state index contributed by atoms with van der Waals surface area (Å²) >= 11 is 2.46. The first-order valence-corrected chi connectivity index (χ1v) is 41.8. The quantitative estimate of drug-likeness (QED) is 0.00948. The number of fused-ring (bicyclic) bond motifs is 2. The lowest BCUT2D eigenvalue weighted by molar-refractivity contribution is -0.138. The highest BCUT2D eigenvalue weighted by molar-refractivity contribution is 8.08. The van der Waals surface area contributed by atoms with E-state index in [0.29, 0.717) is 74.5 Å². The number of benzene rings is 5. The zero-order valence-electron chi connectivity index (χ0n) is 67.7. The number of anilines is 2. The summed E-state index contributed by atoms with van der Waals surface area (Å²) in [4.78, 5) is 169. The molecule has 11 amide bonds. The van der Waals surface area contributed by atoms with Gasteiger partial charge in [0.25, 0.3) is 17.4 Å². The van der Waals surface area contributed by atoms with Crippen molar-refractivity contribution in [1.29, 1.82) is 0 Å². The Morgan fingerprint density at radius 1 is 0.702 bits per heavy atom. The molecule has 634 valence electrons. The average Bonchev–Trinajstić information content (AvgIpc) is 1.61. The minimum absolute atomic E-state index is 0.00304. The Morgan fingerprint density at radius 3 is 1.99 bits per heavy atom. The third-order valence-corrected chi connectivity index (χ3v) is 24.0. The first-order valence-electron chi connectivity index (χ1n) is 40.2. The number of H-pyrrole nitrogens is 1. The van der Waals surface area contributed by atoms with Gasteiger partial charge >= 0.3 is 6.03 Å². The van der Waals surface area contributed by atoms with Gasteiger partial charge in [0.2, 0.25) is 47.3 Å². The molecule has 0 bridgehead atoms. The predicted octanol–water partition coefficient (Wildman–Crippen LogP) is 6.02. The number of aryl methyl sites for hydroxylation is 1. The van der Waals surface area contributed by atoms with Crippen molar-refractivity contribution in [1.82, 2.24) is 60.8 Å². The maximum absolute atomic E-state index is 14.2. The largest absolute Gasteiger partial charge is 0.495 e. The highest BCUT2D eigenvalue weighted by Crippen LogP contribution is 2.46. The van der Waals surface area contributed by atoms with E-state index in [-0.39, 0.29) is 88.9 Å². The molecule has 5 aliphatic rings. The van der Waals surface area contributed by atoms with E-state index < -0.39 is 96.4 Å². The molecule has 121 heavy (non-hydrogen) atoms. The minimum atomic E-state index is -1.46. The number of ether oxygens (including phenoxy) is 5. The number of imide groups is 2. The molecule has 1 aliphatic carbocycles. The number of hydrogen-bond donors (Lipinski definition) is 8. The van der Waals surface area contributed by atoms with Crippen LogP contribution in [0.2, 0.25) is 0 Å². The summed E-state index contributed by atoms with van der Waals surface area (Å²) in [5.74, 6) is 1.57. The van der Waals surface area contributed by atoms with E-state index in [4.69, 9.17) is 45.1 Å². The monoisotopic (exact) mass is 1690 g/mol. The van der Waals surface area contributed by atoms with Gasteiger partial charge in [0.1, 0.15) is 36.7 Å². The van der Waals surface area contributed by atoms with Gasteiger partial charge in [-0.05, 0) is 117 Å². The molecular formula is C87H98N16O16S2. The van der Waals surface area contributed by atoms with Gasteiger partial charge in [-0.15, -0.1) is 0 Å². The number of aromatic amines is 1. The number of carbonyl (C=O) groups excluding carboxylic acids is 10. The van der Waals surface area contributed by atoms with Crippen molar-refractivity contribution in [2.24, 2.45) is 18.5 Å². The molecule has 34 heteroatoms. The second-order valence-corrected chi connectivity index (χ2v) is 32.5. The van der Waals surface area contributed by atoms with Crippen LogP contribution in [-0.2, 0) is 74.7 Å². The van der Waals surface area contributed by atoms with Crippen LogP contribution < -0.4 is 58.1 Å². The van der Waals surface area contributed by atoms with Crippen LogP contribution in [0.15, 0.2) is 170 Å². The molecule has 13 rings (SSSR count). The molecule has 0 radical (unpaired) electrons. The number of pyridine rings is 1. The van der Waals surface area contributed by atoms with Gasteiger partial charge in [-0.1, -0.05) is 108 Å². The Bertz CT molecular complexity index is 5260. The van der Waals surface area contributed by atoms with E-state index in [2.05, 4.69) is 60.1 Å². The Balaban J connectivity index is 0.590. The molecule has 4 aliphatic heterocycles. The molecule has 3 saturated heterocycles. The van der Waals surface area contributed by atoms with Crippen LogP contribution in [0.4, 0.5) is 16.4 Å². The number of carbonyl (C=O) groups is 10. The molecule has 7 heterocycles. The summed E-state index contributed by atoms with van der Waals surface area (Å²) in [6.45, 7) is 5.84. The molecule has 8 aromatic rings. The van der Waals surface area contributed by atoms with E-state index >= 15 is 0 Å². The molecule has 32 nitrogen and oxygen atoms in total. The number of amides is 11. The normalized spacial score (nSPS) is 16.8. The standard InChI is InChI=1S/C87H98N16O16S2/c1-55(104)94-67(49-71(88)105)80(110)92-54-118-52-87(119-60-24-25-60,58-16-8-5-9-17-58)78-64-48-57(65-51-98(3)81(111)75-63(65)28-36-90-75)23-26-66(64)96-84(97-78)100-37-29-59(30-38-100)99-40-33-86(2,34-41-99)93-35-14-15-56-22-27-70(115-4)69(47-56)101-39-31-74(108)103(85(101)114)53-91-79(109)68(50-72(89)106)95-73(107)32-43-116-45-46-117-44-42-102-82(112)76(120-61-18-10-6-11-19-61)77(83(102)113)121-62-20-12-7-13-21-62/h5-13,16-23,26-28,36,47-48,51,59-60,67-68,90,93H,24-25,29-35,37-46,49-50,52-54H2,1-4H3,(H2,88,105)(H2,89,106)(H,91,109)(H,92,110)(H,94,104)(H,95,107)/t67-,68-,87-/m0/s1. The van der Waals surface area contributed by atoms with Crippen molar-refractivity contribution in [3.8, 4) is 28.7 Å². The fourth-order valence-electron chi connectivity index (χ4n) is 15.1. The summed E-state index contributed by atoms with van der Waals surface area (Å²) in [6, 6.07) is 38.2. The van der Waals surface area contributed by atoms with Crippen molar-refractivity contribution < 1.29 is 71.6 Å². The van der Waals surface area contributed by atoms with Crippen molar-refractivity contribution in [3.63, 3.8) is 0 Å². The van der Waals surface area contributed by atoms with Gasteiger partial charge in [-0.2, -0.15) is 0 Å². The smallest absolute Gasteiger partial charge is 0.332 e. The van der Waals surface area contributed by atoms with Gasteiger partial charge in [0.15, 0.2) is 5.60 Å². The van der Waals surface area contributed by atoms with Gasteiger partial charge in [0.05, 0.1) is 98.9 Å². The number of rotatable bonds is 38. The number of hydrogen-bond acceptors (Lipinski definition) is 23. The zero-order valence-corrected chi connectivity index (χ0v) is 69.4. The Morgan fingerprint density at radius 2 is 1.35 bits per heavy atom. The van der Waals surface area contributed by atoms with Crippen LogP contribution in [0.3, 0.4) is 0 Å². The first kappa shape index (κ1) is 87.0. The number of aromatic nitrogens is 4. The SMILES string of the molecule is COc1ccc(C#CCNC2(C)CCN(C3CCN(c4nc([C@@](COCNC(=O)[C@H](CC(N)=O)NC(C)=O)(OC5CC5)c5ccccc5)c5cc(-c6cn(C)c(=O)c7[nH]ccc67)ccc5n4)CC3)CC2)cc1N1CCC(=O)N(CNC(=O)[C@H](CC(N)=O)NC(=O)CCOCCOCCN2C(=O)C(Sc3ccccc3)=C(Sc3ccccc3)C2=O)C1=O. The number of likely N-dealkylation sites (tertiary alicyclic amines) is 1. The van der Waals surface area contributed by atoms with Crippen LogP contribution in [0.1, 0.15) is 94.9 Å². The number of methoxy groups -OCH3 is 1. The highest BCUT2D eigenvalue weighted by Gasteiger charge is 2.46. The first-order chi connectivity index (χ1) is 58.4. The number of nitrogens with two attached hydrogens (primary N) is 2. The number of nitrogens with one attached hydrogen (secondary N) is 6. The van der Waals surface area contributed by atoms with Gasteiger partial charge in [-0.3, -0.25) is 57.7 Å². The lowest BCUT2D eigenvalue weighted by Gasteiger charge is -2.45. The van der Waals surface area contributed by atoms with Crippen molar-refractivity contribution in [3.05, 3.63) is 183 Å². The Hall–Kier alpha value is -11.8. The van der Waals surface area contributed by atoms with Crippen LogP contribution in [0.25, 0.3) is 32.9 Å². The fraction of sp³-hybridized carbons (Fsp3) is 0.391. The number of nitrogens with zero attached hydrogens (tertiary/aromatic N) is 8. The maximum atomic E-state index is 14.2.